The van der Waals surface area contributed by atoms with E-state index < -0.39 is 6.10 Å². The van der Waals surface area contributed by atoms with Crippen molar-refractivity contribution in [1.29, 1.82) is 0 Å². The van der Waals surface area contributed by atoms with Crippen molar-refractivity contribution < 1.29 is 33.9 Å². The molecule has 0 unspecified atom stereocenters. The number of nitrogens with zero attached hydrogens (tertiary/aromatic N) is 6. The summed E-state index contributed by atoms with van der Waals surface area (Å²) in [6.45, 7) is 18.7. The lowest BCUT2D eigenvalue weighted by atomic mass is 10.1. The van der Waals surface area contributed by atoms with E-state index in [0.29, 0.717) is 12.8 Å². The molecule has 0 spiro atoms. The van der Waals surface area contributed by atoms with E-state index in [4.69, 9.17) is 0 Å². The lowest BCUT2D eigenvalue weighted by molar-refractivity contribution is -0.148. The average Bonchev–Trinajstić information content (AvgIpc) is 3.26. The summed E-state index contributed by atoms with van der Waals surface area (Å²) in [4.78, 5) is 94.2. The monoisotopic (exact) mass is 1190 g/mol. The highest BCUT2D eigenvalue weighted by Crippen LogP contribution is 2.18. The number of carbonyl (C=O) groups is 6. The minimum atomic E-state index is -1.21. The third-order valence-electron chi connectivity index (χ3n) is 16.3. The van der Waals surface area contributed by atoms with Gasteiger partial charge in [0.2, 0.25) is 35.4 Å². The van der Waals surface area contributed by atoms with Crippen LogP contribution in [0.3, 0.4) is 0 Å². The summed E-state index contributed by atoms with van der Waals surface area (Å²) in [6, 6.07) is 17.7. The molecule has 13 heteroatoms. The van der Waals surface area contributed by atoms with Crippen molar-refractivity contribution in [3.8, 4) is 0 Å². The van der Waals surface area contributed by atoms with Crippen LogP contribution in [0.4, 0.5) is 0 Å². The molecule has 2 aromatic rings. The van der Waals surface area contributed by atoms with Gasteiger partial charge in [-0.25, -0.2) is 0 Å². The maximum Gasteiger partial charge on any atom is 0.242 e. The van der Waals surface area contributed by atoms with Crippen LogP contribution >= 0.6 is 0 Å². The minimum absolute atomic E-state index is 0.0720. The predicted molar refractivity (Wildman–Crippen MR) is 356 cm³/mol. The van der Waals surface area contributed by atoms with Gasteiger partial charge in [-0.2, -0.15) is 0 Å². The summed E-state index contributed by atoms with van der Waals surface area (Å²) in [6.07, 6.45) is 39.2. The van der Waals surface area contributed by atoms with Crippen LogP contribution in [0.5, 0.6) is 0 Å². The zero-order chi connectivity index (χ0) is 63.3. The van der Waals surface area contributed by atoms with Crippen molar-refractivity contribution in [2.24, 2.45) is 0 Å². The second-order valence-corrected chi connectivity index (χ2v) is 25.3. The predicted octanol–water partition coefficient (Wildman–Crippen LogP) is 15.4. The topological polar surface area (TPSA) is 142 Å². The summed E-state index contributed by atoms with van der Waals surface area (Å²) >= 11 is 0. The lowest BCUT2D eigenvalue weighted by Gasteiger charge is -2.35. The van der Waals surface area contributed by atoms with E-state index in [2.05, 4.69) is 38.2 Å². The Labute approximate surface area is 524 Å². The Morgan fingerprint density at radius 2 is 0.605 bits per heavy atom. The molecule has 0 bridgehead atoms. The standard InChI is InChI=1S/C73H122N6O7/c1-11-13-15-17-19-21-23-25-27-29-31-33-35-37-45-51-68(81)76(61(3)4)59-72(85)78(63(7)8)57-70(83)74(53-65-47-41-39-42-48-65)55-67(80)56-75(54-66-49-43-40-44-50-66)71(84)58-79(64(9)10)73(86)60-77(62(5)6)69(82)52-46-38-36-34-32-30-28-26-24-22-20-18-16-14-12-2/h25-28,39-44,47-50,61-64,67,80H,11-24,29-38,45-46,51-60H2,1-10H3/b27-25-,28-26-. The van der Waals surface area contributed by atoms with Gasteiger partial charge in [0, 0.05) is 63.2 Å². The molecule has 0 aromatic heterocycles. The summed E-state index contributed by atoms with van der Waals surface area (Å²) in [5.41, 5.74) is 1.65. The highest BCUT2D eigenvalue weighted by atomic mass is 16.3. The number of carbonyl (C=O) groups excluding carboxylic acids is 6. The number of unbranched alkanes of at least 4 members (excludes halogenated alkanes) is 22. The zero-order valence-corrected chi connectivity index (χ0v) is 56.0. The molecule has 0 aliphatic carbocycles. The third kappa shape index (κ3) is 34.9. The van der Waals surface area contributed by atoms with Crippen LogP contribution in [0.25, 0.3) is 0 Å². The number of rotatable bonds is 50. The fourth-order valence-electron chi connectivity index (χ4n) is 10.9. The van der Waals surface area contributed by atoms with Gasteiger partial charge in [-0.15, -0.1) is 0 Å². The van der Waals surface area contributed by atoms with E-state index in [1.54, 1.807) is 9.80 Å². The Hall–Kier alpha value is -5.30. The second-order valence-electron chi connectivity index (χ2n) is 25.3. The molecule has 0 heterocycles. The van der Waals surface area contributed by atoms with Crippen LogP contribution in [0.1, 0.15) is 260 Å². The van der Waals surface area contributed by atoms with Crippen LogP contribution in [-0.2, 0) is 41.9 Å². The molecule has 0 fully saturated rings. The molecule has 486 valence electrons. The fraction of sp³-hybridized carbons (Fsp3) is 0.699. The van der Waals surface area contributed by atoms with Crippen molar-refractivity contribution in [3.05, 3.63) is 96.1 Å². The molecule has 2 rings (SSSR count). The molecule has 0 aliphatic heterocycles. The first-order valence-electron chi connectivity index (χ1n) is 34.2. The number of allylic oxidation sites excluding steroid dienone is 4. The molecule has 0 radical (unpaired) electrons. The number of amides is 6. The Bertz CT molecular complexity index is 2030. The van der Waals surface area contributed by atoms with Gasteiger partial charge in [-0.05, 0) is 131 Å². The van der Waals surface area contributed by atoms with Gasteiger partial charge >= 0.3 is 0 Å². The maximum absolute atomic E-state index is 14.6. The van der Waals surface area contributed by atoms with Crippen molar-refractivity contribution >= 4 is 35.4 Å². The number of aliphatic hydroxyl groups is 1. The lowest BCUT2D eigenvalue weighted by Crippen LogP contribution is -2.53. The van der Waals surface area contributed by atoms with E-state index >= 15 is 0 Å². The first kappa shape index (κ1) is 76.8. The summed E-state index contributed by atoms with van der Waals surface area (Å²) in [5, 5.41) is 12.0. The Morgan fingerprint density at radius 1 is 0.349 bits per heavy atom. The third-order valence-corrected chi connectivity index (χ3v) is 16.3. The van der Waals surface area contributed by atoms with Gasteiger partial charge in [-0.3, -0.25) is 28.8 Å². The smallest absolute Gasteiger partial charge is 0.242 e. The van der Waals surface area contributed by atoms with Crippen LogP contribution in [0, 0.1) is 0 Å². The van der Waals surface area contributed by atoms with Gasteiger partial charge in [0.25, 0.3) is 0 Å². The highest BCUT2D eigenvalue weighted by Gasteiger charge is 2.31. The quantitative estimate of drug-likeness (QED) is 0.0513. The average molecular weight is 1200 g/mol. The Balaban J connectivity index is 2.10. The van der Waals surface area contributed by atoms with Crippen molar-refractivity contribution in [1.82, 2.24) is 29.4 Å². The summed E-state index contributed by atoms with van der Waals surface area (Å²) in [7, 11) is 0. The van der Waals surface area contributed by atoms with Crippen molar-refractivity contribution in [3.63, 3.8) is 0 Å². The van der Waals surface area contributed by atoms with E-state index in [1.165, 1.54) is 109 Å². The first-order valence-corrected chi connectivity index (χ1v) is 34.2. The van der Waals surface area contributed by atoms with Crippen LogP contribution in [0.2, 0.25) is 0 Å². The van der Waals surface area contributed by atoms with Crippen molar-refractivity contribution in [2.45, 2.75) is 292 Å². The molecule has 1 N–H and O–H groups in total. The maximum atomic E-state index is 14.6. The van der Waals surface area contributed by atoms with Gasteiger partial charge in [0.15, 0.2) is 0 Å². The normalized spacial score (nSPS) is 11.7. The van der Waals surface area contributed by atoms with Crippen molar-refractivity contribution in [2.75, 3.05) is 39.3 Å². The van der Waals surface area contributed by atoms with Gasteiger partial charge in [-0.1, -0.05) is 202 Å². The summed E-state index contributed by atoms with van der Waals surface area (Å²) < 4.78 is 0. The molecule has 6 amide bonds. The van der Waals surface area contributed by atoms with Crippen LogP contribution < -0.4 is 0 Å². The number of hydrogen-bond acceptors (Lipinski definition) is 7. The first-order chi connectivity index (χ1) is 41.4. The Kier molecular flexibility index (Phi) is 42.6. The Morgan fingerprint density at radius 3 is 0.895 bits per heavy atom. The van der Waals surface area contributed by atoms with E-state index in [-0.39, 0.29) is 112 Å². The molecular weight excluding hydrogens is 1070 g/mol. The van der Waals surface area contributed by atoms with Gasteiger partial charge < -0.3 is 34.5 Å². The molecule has 0 saturated heterocycles. The number of hydrogen-bond donors (Lipinski definition) is 1. The van der Waals surface area contributed by atoms with Crippen LogP contribution in [-0.4, -0.2) is 139 Å². The molecule has 13 nitrogen and oxygen atoms in total. The second kappa shape index (κ2) is 47.7. The van der Waals surface area contributed by atoms with E-state index in [0.717, 1.165) is 88.2 Å². The molecule has 86 heavy (non-hydrogen) atoms. The van der Waals surface area contributed by atoms with Crippen LogP contribution in [0.15, 0.2) is 85.0 Å². The zero-order valence-electron chi connectivity index (χ0n) is 56.0. The molecular formula is C73H122N6O7. The highest BCUT2D eigenvalue weighted by molar-refractivity contribution is 5.90. The largest absolute Gasteiger partial charge is 0.389 e. The molecule has 0 saturated carbocycles. The molecule has 2 aromatic carbocycles. The van der Waals surface area contributed by atoms with Gasteiger partial charge in [0.1, 0.15) is 13.1 Å². The number of aliphatic hydroxyl groups excluding tert-OH is 1. The van der Waals surface area contributed by atoms with Gasteiger partial charge in [0.05, 0.1) is 19.2 Å². The van der Waals surface area contributed by atoms with E-state index in [9.17, 15) is 33.9 Å². The van der Waals surface area contributed by atoms with E-state index in [1.807, 2.05) is 116 Å². The molecule has 0 aliphatic rings. The molecule has 0 atom stereocenters. The SMILES string of the molecule is CCCCCCCC/C=C\CCCCCCCC(=O)N(CC(=O)N(CC(=O)N(Cc1ccccc1)CC(O)CN(Cc1ccccc1)C(=O)CN(C(=O)CN(C(=O)CCCCCCC/C=C\CCCCCCCC)C(C)C)C(C)C)C(C)C)C(C)C. The fourth-order valence-corrected chi connectivity index (χ4v) is 10.9. The minimum Gasteiger partial charge on any atom is -0.389 e. The summed E-state index contributed by atoms with van der Waals surface area (Å²) in [5.74, 6) is -1.57. The number of benzene rings is 2.